The molecule has 1 aliphatic rings. The minimum atomic E-state index is -3.56. The van der Waals surface area contributed by atoms with Crippen LogP contribution in [0.2, 0.25) is 5.02 Å². The van der Waals surface area contributed by atoms with E-state index in [1.54, 1.807) is 22.5 Å². The zero-order valence-electron chi connectivity index (χ0n) is 11.6. The van der Waals surface area contributed by atoms with Gasteiger partial charge in [-0.3, -0.25) is 0 Å². The summed E-state index contributed by atoms with van der Waals surface area (Å²) in [6, 6.07) is 4.92. The monoisotopic (exact) mass is 335 g/mol. The summed E-state index contributed by atoms with van der Waals surface area (Å²) in [5.74, 6) is 0.827. The van der Waals surface area contributed by atoms with Gasteiger partial charge >= 0.3 is 0 Å². The highest BCUT2D eigenvalue weighted by atomic mass is 35.5. The Kier molecular flexibility index (Phi) is 5.00. The van der Waals surface area contributed by atoms with E-state index in [0.29, 0.717) is 12.5 Å². The van der Waals surface area contributed by atoms with Crippen LogP contribution in [0.1, 0.15) is 32.3 Å². The molecule has 3 nitrogen and oxygen atoms in total. The Labute approximate surface area is 130 Å². The van der Waals surface area contributed by atoms with Crippen LogP contribution in [-0.2, 0) is 15.9 Å². The fraction of sp³-hybridized carbons (Fsp3) is 0.571. The Balaban J connectivity index is 2.40. The highest BCUT2D eigenvalue weighted by Crippen LogP contribution is 2.32. The summed E-state index contributed by atoms with van der Waals surface area (Å²) in [5, 5.41) is 0.254. The van der Waals surface area contributed by atoms with Crippen molar-refractivity contribution in [2.75, 3.05) is 6.54 Å². The molecule has 1 aromatic carbocycles. The number of sulfonamides is 1. The van der Waals surface area contributed by atoms with Crippen LogP contribution < -0.4 is 0 Å². The Bertz CT molecular complexity index is 589. The highest BCUT2D eigenvalue weighted by molar-refractivity contribution is 7.89. The SMILES string of the molecule is CC1CCN(S(=O)(=O)c2cc(CCl)ccc2Cl)C(C)C1. The molecule has 0 saturated carbocycles. The number of rotatable bonds is 3. The molecule has 1 fully saturated rings. The van der Waals surface area contributed by atoms with Crippen molar-refractivity contribution in [3.05, 3.63) is 28.8 Å². The van der Waals surface area contributed by atoms with Gasteiger partial charge in [-0.15, -0.1) is 11.6 Å². The molecule has 0 N–H and O–H groups in total. The highest BCUT2D eigenvalue weighted by Gasteiger charge is 2.34. The second kappa shape index (κ2) is 6.22. The van der Waals surface area contributed by atoms with Crippen LogP contribution in [0.5, 0.6) is 0 Å². The molecule has 2 rings (SSSR count). The Morgan fingerprint density at radius 1 is 1.35 bits per heavy atom. The van der Waals surface area contributed by atoms with Gasteiger partial charge in [0.05, 0.1) is 5.02 Å². The van der Waals surface area contributed by atoms with Crippen molar-refractivity contribution in [1.29, 1.82) is 0 Å². The molecule has 1 saturated heterocycles. The molecule has 2 atom stereocenters. The van der Waals surface area contributed by atoms with E-state index in [4.69, 9.17) is 23.2 Å². The van der Waals surface area contributed by atoms with Crippen LogP contribution in [-0.4, -0.2) is 25.3 Å². The summed E-state index contributed by atoms with van der Waals surface area (Å²) in [7, 11) is -3.56. The number of alkyl halides is 1. The van der Waals surface area contributed by atoms with Crippen molar-refractivity contribution in [3.63, 3.8) is 0 Å². The standard InChI is InChI=1S/C14H19Cl2NO2S/c1-10-5-6-17(11(2)7-10)20(18,19)14-8-12(9-15)3-4-13(14)16/h3-4,8,10-11H,5-7,9H2,1-2H3. The maximum absolute atomic E-state index is 12.8. The van der Waals surface area contributed by atoms with Crippen molar-refractivity contribution in [3.8, 4) is 0 Å². The first-order chi connectivity index (χ1) is 9.36. The van der Waals surface area contributed by atoms with Gasteiger partial charge in [-0.25, -0.2) is 8.42 Å². The van der Waals surface area contributed by atoms with Crippen LogP contribution in [0.4, 0.5) is 0 Å². The molecule has 112 valence electrons. The van der Waals surface area contributed by atoms with Crippen LogP contribution in [0, 0.1) is 5.92 Å². The van der Waals surface area contributed by atoms with Crippen LogP contribution in [0.3, 0.4) is 0 Å². The van der Waals surface area contributed by atoms with Gasteiger partial charge in [-0.05, 0) is 43.4 Å². The summed E-state index contributed by atoms with van der Waals surface area (Å²) < 4.78 is 27.1. The van der Waals surface area contributed by atoms with Crippen molar-refractivity contribution in [2.24, 2.45) is 5.92 Å². The fourth-order valence-electron chi connectivity index (χ4n) is 2.70. The predicted octanol–water partition coefficient (Wildman–Crippen LogP) is 3.89. The summed E-state index contributed by atoms with van der Waals surface area (Å²) in [6.45, 7) is 4.65. The Morgan fingerprint density at radius 3 is 2.65 bits per heavy atom. The third-order valence-corrected chi connectivity index (χ3v) is 6.62. The van der Waals surface area contributed by atoms with Gasteiger partial charge < -0.3 is 0 Å². The molecule has 0 bridgehead atoms. The average Bonchev–Trinajstić information content (AvgIpc) is 2.38. The smallest absolute Gasteiger partial charge is 0.207 e. The zero-order chi connectivity index (χ0) is 14.9. The molecule has 0 amide bonds. The number of halogens is 2. The van der Waals surface area contributed by atoms with E-state index in [0.717, 1.165) is 18.4 Å². The summed E-state index contributed by atoms with van der Waals surface area (Å²) in [5.41, 5.74) is 0.757. The van der Waals surface area contributed by atoms with Gasteiger partial charge in [-0.1, -0.05) is 24.6 Å². The zero-order valence-corrected chi connectivity index (χ0v) is 14.0. The van der Waals surface area contributed by atoms with E-state index in [9.17, 15) is 8.42 Å². The molecule has 6 heteroatoms. The van der Waals surface area contributed by atoms with Gasteiger partial charge in [0.2, 0.25) is 10.0 Å². The summed E-state index contributed by atoms with van der Waals surface area (Å²) >= 11 is 11.9. The predicted molar refractivity (Wildman–Crippen MR) is 82.8 cm³/mol. The molecule has 1 heterocycles. The number of hydrogen-bond donors (Lipinski definition) is 0. The number of piperidine rings is 1. The minimum absolute atomic E-state index is 0.000487. The van der Waals surface area contributed by atoms with Crippen LogP contribution >= 0.6 is 23.2 Å². The second-order valence-corrected chi connectivity index (χ2v) is 8.03. The minimum Gasteiger partial charge on any atom is -0.207 e. The van der Waals surface area contributed by atoms with Gasteiger partial charge in [0.25, 0.3) is 0 Å². The van der Waals surface area contributed by atoms with Crippen LogP contribution in [0.25, 0.3) is 0 Å². The number of nitrogens with zero attached hydrogens (tertiary/aromatic N) is 1. The largest absolute Gasteiger partial charge is 0.244 e. The third kappa shape index (κ3) is 3.14. The van der Waals surface area contributed by atoms with E-state index in [1.165, 1.54) is 0 Å². The lowest BCUT2D eigenvalue weighted by Gasteiger charge is -2.35. The van der Waals surface area contributed by atoms with Crippen molar-refractivity contribution < 1.29 is 8.42 Å². The lowest BCUT2D eigenvalue weighted by molar-refractivity contribution is 0.220. The molecule has 2 unspecified atom stereocenters. The quantitative estimate of drug-likeness (QED) is 0.786. The molecular weight excluding hydrogens is 317 g/mol. The topological polar surface area (TPSA) is 37.4 Å². The van der Waals surface area contributed by atoms with E-state index >= 15 is 0 Å². The summed E-state index contributed by atoms with van der Waals surface area (Å²) in [6.07, 6.45) is 1.77. The average molecular weight is 336 g/mol. The van der Waals surface area contributed by atoms with Crippen molar-refractivity contribution in [1.82, 2.24) is 4.31 Å². The molecule has 0 radical (unpaired) electrons. The molecular formula is C14H19Cl2NO2S. The number of benzene rings is 1. The Morgan fingerprint density at radius 2 is 2.05 bits per heavy atom. The third-order valence-electron chi connectivity index (χ3n) is 3.81. The maximum Gasteiger partial charge on any atom is 0.244 e. The van der Waals surface area contributed by atoms with E-state index in [2.05, 4.69) is 6.92 Å². The van der Waals surface area contributed by atoms with Crippen LogP contribution in [0.15, 0.2) is 23.1 Å². The fourth-order valence-corrected chi connectivity index (χ4v) is 5.05. The van der Waals surface area contributed by atoms with E-state index in [-0.39, 0.29) is 21.8 Å². The lowest BCUT2D eigenvalue weighted by Crippen LogP contribution is -2.44. The summed E-state index contributed by atoms with van der Waals surface area (Å²) in [4.78, 5) is 0.165. The molecule has 1 aromatic rings. The number of hydrogen-bond acceptors (Lipinski definition) is 2. The first kappa shape index (κ1) is 16.1. The Hall–Kier alpha value is -0.290. The van der Waals surface area contributed by atoms with Crippen molar-refractivity contribution in [2.45, 2.75) is 43.5 Å². The lowest BCUT2D eigenvalue weighted by atomic mass is 9.95. The van der Waals surface area contributed by atoms with E-state index in [1.807, 2.05) is 6.92 Å². The van der Waals surface area contributed by atoms with Gasteiger partial charge in [0.15, 0.2) is 0 Å². The normalized spacial score (nSPS) is 24.8. The maximum atomic E-state index is 12.8. The van der Waals surface area contributed by atoms with Gasteiger partial charge in [0.1, 0.15) is 4.90 Å². The first-order valence-corrected chi connectivity index (χ1v) is 9.07. The van der Waals surface area contributed by atoms with E-state index < -0.39 is 10.0 Å². The molecule has 1 aliphatic heterocycles. The second-order valence-electron chi connectivity index (χ2n) is 5.49. The molecule has 0 aliphatic carbocycles. The molecule has 0 aromatic heterocycles. The van der Waals surface area contributed by atoms with Gasteiger partial charge in [-0.2, -0.15) is 4.31 Å². The van der Waals surface area contributed by atoms with Crippen molar-refractivity contribution >= 4 is 33.2 Å². The van der Waals surface area contributed by atoms with Gasteiger partial charge in [0, 0.05) is 18.5 Å². The molecule has 20 heavy (non-hydrogen) atoms. The molecule has 0 spiro atoms. The first-order valence-electron chi connectivity index (χ1n) is 6.72.